The van der Waals surface area contributed by atoms with Crippen LogP contribution in [0.15, 0.2) is 41.7 Å². The topological polar surface area (TPSA) is 104 Å². The van der Waals surface area contributed by atoms with Crippen LogP contribution in [0.3, 0.4) is 0 Å². The Hall–Kier alpha value is -2.19. The molecule has 0 saturated carbocycles. The number of nitrogens with one attached hydrogen (secondary N) is 3. The zero-order valence-corrected chi connectivity index (χ0v) is 15.4. The lowest BCUT2D eigenvalue weighted by Gasteiger charge is -2.17. The van der Waals surface area contributed by atoms with Crippen molar-refractivity contribution in [3.8, 4) is 0 Å². The summed E-state index contributed by atoms with van der Waals surface area (Å²) in [6.07, 6.45) is 3.70. The van der Waals surface area contributed by atoms with Crippen molar-refractivity contribution >= 4 is 15.9 Å². The Morgan fingerprint density at radius 2 is 2.04 bits per heavy atom. The monoisotopic (exact) mass is 364 g/mol. The van der Waals surface area contributed by atoms with Crippen LogP contribution in [0.25, 0.3) is 0 Å². The highest BCUT2D eigenvalue weighted by Gasteiger charge is 2.17. The molecule has 0 spiro atoms. The molecule has 0 radical (unpaired) electrons. The second kappa shape index (κ2) is 8.26. The van der Waals surface area contributed by atoms with E-state index in [2.05, 4.69) is 20.0 Å². The highest BCUT2D eigenvalue weighted by Crippen LogP contribution is 2.12. The van der Waals surface area contributed by atoms with Gasteiger partial charge < -0.3 is 10.3 Å². The lowest BCUT2D eigenvalue weighted by atomic mass is 10.1. The third-order valence-corrected chi connectivity index (χ3v) is 5.47. The maximum Gasteiger partial charge on any atom is 0.251 e. The molecular weight excluding hydrogens is 340 g/mol. The van der Waals surface area contributed by atoms with Gasteiger partial charge in [-0.05, 0) is 31.0 Å². The third kappa shape index (κ3) is 5.40. The minimum atomic E-state index is -3.68. The number of sulfonamides is 1. The van der Waals surface area contributed by atoms with Crippen molar-refractivity contribution in [1.82, 2.24) is 20.0 Å². The Bertz CT molecular complexity index is 801. The van der Waals surface area contributed by atoms with E-state index in [1.165, 1.54) is 12.1 Å². The molecule has 1 heterocycles. The van der Waals surface area contributed by atoms with E-state index < -0.39 is 10.0 Å². The molecule has 2 aromatic rings. The Balaban J connectivity index is 2.04. The molecule has 3 N–H and O–H groups in total. The van der Waals surface area contributed by atoms with Crippen LogP contribution >= 0.6 is 0 Å². The van der Waals surface area contributed by atoms with Crippen molar-refractivity contribution in [2.24, 2.45) is 5.92 Å². The van der Waals surface area contributed by atoms with E-state index in [0.717, 1.165) is 5.69 Å². The maximum atomic E-state index is 12.4. The molecule has 1 amide bonds. The summed E-state index contributed by atoms with van der Waals surface area (Å²) >= 11 is 0. The minimum absolute atomic E-state index is 0.000272. The molecule has 0 fully saturated rings. The van der Waals surface area contributed by atoms with Gasteiger partial charge in [0.2, 0.25) is 10.0 Å². The van der Waals surface area contributed by atoms with Gasteiger partial charge in [0.25, 0.3) is 5.91 Å². The molecule has 8 heteroatoms. The van der Waals surface area contributed by atoms with Crippen molar-refractivity contribution in [1.29, 1.82) is 0 Å². The smallest absolute Gasteiger partial charge is 0.251 e. The SMILES string of the molecule is CC(C)[C@@H](C)NC(=O)c1cccc(S(=O)(=O)NCCc2cnc[nH]2)c1. The molecule has 0 aliphatic carbocycles. The molecule has 1 atom stereocenters. The van der Waals surface area contributed by atoms with Crippen LogP contribution in [-0.4, -0.2) is 36.9 Å². The first-order chi connectivity index (χ1) is 11.8. The number of nitrogens with zero attached hydrogens (tertiary/aromatic N) is 1. The third-order valence-electron chi connectivity index (χ3n) is 4.01. The standard InChI is InChI=1S/C17H24N4O3S/c1-12(2)13(3)21-17(22)14-5-4-6-16(9-14)25(23,24)20-8-7-15-10-18-11-19-15/h4-6,9-13,20H,7-8H2,1-3H3,(H,18,19)(H,21,22)/t13-/m1/s1. The number of aromatic nitrogens is 2. The van der Waals surface area contributed by atoms with Crippen LogP contribution in [0.5, 0.6) is 0 Å². The number of carbonyl (C=O) groups is 1. The van der Waals surface area contributed by atoms with E-state index in [9.17, 15) is 13.2 Å². The highest BCUT2D eigenvalue weighted by atomic mass is 32.2. The molecule has 0 aliphatic rings. The number of rotatable bonds is 8. The van der Waals surface area contributed by atoms with Crippen LogP contribution in [0.2, 0.25) is 0 Å². The number of H-pyrrole nitrogens is 1. The van der Waals surface area contributed by atoms with Gasteiger partial charge in [-0.25, -0.2) is 18.1 Å². The predicted molar refractivity (Wildman–Crippen MR) is 95.7 cm³/mol. The average molecular weight is 364 g/mol. The van der Waals surface area contributed by atoms with Crippen LogP contribution in [0.1, 0.15) is 36.8 Å². The molecule has 0 aliphatic heterocycles. The summed E-state index contributed by atoms with van der Waals surface area (Å²) < 4.78 is 27.3. The van der Waals surface area contributed by atoms with E-state index >= 15 is 0 Å². The number of carbonyl (C=O) groups excluding carboxylic acids is 1. The fourth-order valence-electron chi connectivity index (χ4n) is 2.09. The Labute approximate surface area is 148 Å². The summed E-state index contributed by atoms with van der Waals surface area (Å²) in [7, 11) is -3.68. The van der Waals surface area contributed by atoms with E-state index in [1.807, 2.05) is 20.8 Å². The fraction of sp³-hybridized carbons (Fsp3) is 0.412. The van der Waals surface area contributed by atoms with Crippen molar-refractivity contribution in [2.75, 3.05) is 6.54 Å². The lowest BCUT2D eigenvalue weighted by Crippen LogP contribution is -2.36. The number of hydrogen-bond acceptors (Lipinski definition) is 4. The lowest BCUT2D eigenvalue weighted by molar-refractivity contribution is 0.0930. The molecule has 0 bridgehead atoms. The van der Waals surface area contributed by atoms with Crippen molar-refractivity contribution < 1.29 is 13.2 Å². The Morgan fingerprint density at radius 3 is 2.68 bits per heavy atom. The van der Waals surface area contributed by atoms with Crippen molar-refractivity contribution in [2.45, 2.75) is 38.1 Å². The molecular formula is C17H24N4O3S. The summed E-state index contributed by atoms with van der Waals surface area (Å²) in [6.45, 7) is 6.18. The van der Waals surface area contributed by atoms with Crippen LogP contribution in [-0.2, 0) is 16.4 Å². The van der Waals surface area contributed by atoms with Gasteiger partial charge in [-0.2, -0.15) is 0 Å². The molecule has 2 rings (SSSR count). The van der Waals surface area contributed by atoms with Gasteiger partial charge in [0.1, 0.15) is 0 Å². The zero-order chi connectivity index (χ0) is 18.4. The normalized spacial score (nSPS) is 13.0. The summed E-state index contributed by atoms with van der Waals surface area (Å²) in [4.78, 5) is 19.1. The van der Waals surface area contributed by atoms with Crippen molar-refractivity contribution in [3.63, 3.8) is 0 Å². The molecule has 136 valence electrons. The average Bonchev–Trinajstić information content (AvgIpc) is 3.08. The van der Waals surface area contributed by atoms with E-state index in [4.69, 9.17) is 0 Å². The number of benzene rings is 1. The predicted octanol–water partition coefficient (Wildman–Crippen LogP) is 1.70. The Kier molecular flexibility index (Phi) is 6.33. The summed E-state index contributed by atoms with van der Waals surface area (Å²) in [5.74, 6) is 0.00993. The molecule has 0 unspecified atom stereocenters. The Morgan fingerprint density at radius 1 is 1.28 bits per heavy atom. The van der Waals surface area contributed by atoms with Gasteiger partial charge in [-0.3, -0.25) is 4.79 Å². The van der Waals surface area contributed by atoms with E-state index in [-0.39, 0.29) is 23.4 Å². The second-order valence-electron chi connectivity index (χ2n) is 6.26. The zero-order valence-electron chi connectivity index (χ0n) is 14.6. The minimum Gasteiger partial charge on any atom is -0.349 e. The number of amides is 1. The number of hydrogen-bond donors (Lipinski definition) is 3. The second-order valence-corrected chi connectivity index (χ2v) is 8.03. The summed E-state index contributed by atoms with van der Waals surface area (Å²) in [5, 5.41) is 2.87. The largest absolute Gasteiger partial charge is 0.349 e. The van der Waals surface area contributed by atoms with E-state index in [1.54, 1.807) is 24.7 Å². The van der Waals surface area contributed by atoms with Crippen LogP contribution in [0.4, 0.5) is 0 Å². The molecule has 0 saturated heterocycles. The molecule has 1 aromatic heterocycles. The van der Waals surface area contributed by atoms with E-state index in [0.29, 0.717) is 17.9 Å². The first kappa shape index (κ1) is 19.1. The van der Waals surface area contributed by atoms with Gasteiger partial charge in [-0.15, -0.1) is 0 Å². The number of aromatic amines is 1. The highest BCUT2D eigenvalue weighted by molar-refractivity contribution is 7.89. The van der Waals surface area contributed by atoms with Gasteiger partial charge in [-0.1, -0.05) is 19.9 Å². The van der Waals surface area contributed by atoms with Crippen LogP contribution in [0, 0.1) is 5.92 Å². The molecule has 1 aromatic carbocycles. The fourth-order valence-corrected chi connectivity index (χ4v) is 3.16. The summed E-state index contributed by atoms with van der Waals surface area (Å²) in [6, 6.07) is 6.03. The quantitative estimate of drug-likeness (QED) is 0.663. The van der Waals surface area contributed by atoms with Gasteiger partial charge >= 0.3 is 0 Å². The van der Waals surface area contributed by atoms with Crippen LogP contribution < -0.4 is 10.0 Å². The first-order valence-electron chi connectivity index (χ1n) is 8.17. The number of imidazole rings is 1. The molecule has 25 heavy (non-hydrogen) atoms. The first-order valence-corrected chi connectivity index (χ1v) is 9.66. The van der Waals surface area contributed by atoms with Crippen molar-refractivity contribution in [3.05, 3.63) is 48.0 Å². The van der Waals surface area contributed by atoms with Gasteiger partial charge in [0.05, 0.1) is 11.2 Å². The van der Waals surface area contributed by atoms with Gasteiger partial charge in [0.15, 0.2) is 0 Å². The summed E-state index contributed by atoms with van der Waals surface area (Å²) in [5.41, 5.74) is 1.17. The van der Waals surface area contributed by atoms with Gasteiger partial charge in [0, 0.05) is 36.5 Å². The maximum absolute atomic E-state index is 12.4. The molecule has 7 nitrogen and oxygen atoms in total.